The van der Waals surface area contributed by atoms with Crippen molar-refractivity contribution >= 4 is 38.9 Å². The van der Waals surface area contributed by atoms with Gasteiger partial charge in [0, 0.05) is 41.3 Å². The van der Waals surface area contributed by atoms with E-state index in [1.807, 2.05) is 49.5 Å². The molecule has 0 radical (unpaired) electrons. The fourth-order valence-corrected chi connectivity index (χ4v) is 7.79. The first-order chi connectivity index (χ1) is 23.4. The van der Waals surface area contributed by atoms with Crippen molar-refractivity contribution in [1.82, 2.24) is 9.47 Å². The summed E-state index contributed by atoms with van der Waals surface area (Å²) in [6, 6.07) is 20.8. The number of aromatic nitrogens is 1. The minimum Gasteiger partial charge on any atom is -0.380 e. The van der Waals surface area contributed by atoms with Gasteiger partial charge in [-0.25, -0.2) is 8.78 Å². The number of fused-ring (bicyclic) bond motifs is 1. The summed E-state index contributed by atoms with van der Waals surface area (Å²) in [5.74, 6) is -2.69. The normalized spacial score (nSPS) is 14.2. The van der Waals surface area contributed by atoms with Gasteiger partial charge in [-0.05, 0) is 73.7 Å². The maximum absolute atomic E-state index is 15.0. The topological polar surface area (TPSA) is 91.6 Å². The minimum atomic E-state index is -1.37. The van der Waals surface area contributed by atoms with Crippen molar-refractivity contribution in [2.45, 2.75) is 64.8 Å². The number of pyridine rings is 1. The van der Waals surface area contributed by atoms with Crippen LogP contribution in [0.3, 0.4) is 0 Å². The van der Waals surface area contributed by atoms with Crippen LogP contribution in [-0.2, 0) is 24.4 Å². The van der Waals surface area contributed by atoms with Crippen molar-refractivity contribution in [3.8, 4) is 10.4 Å². The summed E-state index contributed by atoms with van der Waals surface area (Å²) in [5.41, 5.74) is 1.08. The number of carbonyl (C=O) groups excluding carboxylic acids is 2. The van der Waals surface area contributed by atoms with Crippen LogP contribution in [0.5, 0.6) is 0 Å². The van der Waals surface area contributed by atoms with Crippen LogP contribution in [0.15, 0.2) is 83.8 Å². The Morgan fingerprint density at radius 3 is 2.22 bits per heavy atom. The highest BCUT2D eigenvalue weighted by Gasteiger charge is 2.38. The fourth-order valence-electron chi connectivity index (χ4n) is 6.50. The van der Waals surface area contributed by atoms with E-state index in [9.17, 15) is 28.3 Å². The standard InChI is InChI=1S/C39H39F2N3O4S/c1-24(2)34(45)30-23-44(22-28-31(40)12-9-13-32(28)41)37-33(35(30)46)29(21-43(3)20-25-10-5-4-6-11-25)36(49-37)26-14-16-27(17-15-26)42-38(47)39(48)18-7-8-19-39/h4-6,9-17,23-24,48H,7-8,18-22H2,1-3H3,(H,42,47). The highest BCUT2D eigenvalue weighted by atomic mass is 32.1. The molecule has 7 nitrogen and oxygen atoms in total. The van der Waals surface area contributed by atoms with Crippen molar-refractivity contribution < 1.29 is 23.5 Å². The molecule has 2 aromatic heterocycles. The Balaban J connectivity index is 1.49. The Kier molecular flexibility index (Phi) is 9.92. The third kappa shape index (κ3) is 7.13. The van der Waals surface area contributed by atoms with E-state index in [2.05, 4.69) is 10.2 Å². The van der Waals surface area contributed by atoms with Crippen LogP contribution in [-0.4, -0.2) is 38.9 Å². The predicted octanol–water partition coefficient (Wildman–Crippen LogP) is 7.77. The smallest absolute Gasteiger partial charge is 0.256 e. The number of Topliss-reactive ketones (excluding diaryl/α,β-unsaturated/α-hetero) is 1. The van der Waals surface area contributed by atoms with Crippen LogP contribution in [0.2, 0.25) is 0 Å². The van der Waals surface area contributed by atoms with Gasteiger partial charge in [-0.1, -0.05) is 62.4 Å². The van der Waals surface area contributed by atoms with Gasteiger partial charge < -0.3 is 15.0 Å². The highest BCUT2D eigenvalue weighted by Crippen LogP contribution is 2.40. The minimum absolute atomic E-state index is 0.0292. The number of carbonyl (C=O) groups is 2. The van der Waals surface area contributed by atoms with Gasteiger partial charge in [0.05, 0.1) is 17.5 Å². The van der Waals surface area contributed by atoms with Gasteiger partial charge in [-0.3, -0.25) is 19.3 Å². The lowest BCUT2D eigenvalue weighted by Crippen LogP contribution is -2.40. The number of benzene rings is 3. The van der Waals surface area contributed by atoms with Crippen LogP contribution >= 0.6 is 11.3 Å². The zero-order valence-electron chi connectivity index (χ0n) is 27.8. The molecule has 0 atom stereocenters. The predicted molar refractivity (Wildman–Crippen MR) is 190 cm³/mol. The molecule has 2 N–H and O–H groups in total. The summed E-state index contributed by atoms with van der Waals surface area (Å²) in [7, 11) is 1.95. The number of amides is 1. The average Bonchev–Trinajstić information content (AvgIpc) is 3.69. The number of hydrogen-bond acceptors (Lipinski definition) is 6. The number of rotatable bonds is 11. The van der Waals surface area contributed by atoms with E-state index in [1.54, 1.807) is 30.5 Å². The monoisotopic (exact) mass is 683 g/mol. The van der Waals surface area contributed by atoms with Gasteiger partial charge in [-0.15, -0.1) is 11.3 Å². The summed E-state index contributed by atoms with van der Waals surface area (Å²) >= 11 is 1.32. The van der Waals surface area contributed by atoms with E-state index in [4.69, 9.17) is 0 Å². The van der Waals surface area contributed by atoms with Crippen molar-refractivity contribution in [2.75, 3.05) is 12.4 Å². The van der Waals surface area contributed by atoms with Gasteiger partial charge in [0.15, 0.2) is 5.78 Å². The Hall–Kier alpha value is -4.51. The zero-order chi connectivity index (χ0) is 34.9. The third-order valence-electron chi connectivity index (χ3n) is 9.17. The number of aliphatic hydroxyl groups is 1. The molecule has 6 rings (SSSR count). The Morgan fingerprint density at radius 1 is 0.939 bits per heavy atom. The summed E-state index contributed by atoms with van der Waals surface area (Å²) in [6.45, 7) is 4.14. The second-order valence-electron chi connectivity index (χ2n) is 13.2. The summed E-state index contributed by atoms with van der Waals surface area (Å²) < 4.78 is 31.5. The van der Waals surface area contributed by atoms with Crippen molar-refractivity contribution in [2.24, 2.45) is 5.92 Å². The lowest BCUT2D eigenvalue weighted by atomic mass is 9.98. The van der Waals surface area contributed by atoms with Crippen LogP contribution in [0.4, 0.5) is 14.5 Å². The fraction of sp³-hybridized carbons (Fsp3) is 0.308. The molecule has 5 aromatic rings. The maximum atomic E-state index is 15.0. The SMILES string of the molecule is CC(C)C(=O)c1cn(Cc2c(F)cccc2F)c2sc(-c3ccc(NC(=O)C4(O)CCCC4)cc3)c(CN(C)Cc3ccccc3)c2c1=O. The average molecular weight is 684 g/mol. The van der Waals surface area contributed by atoms with Gasteiger partial charge >= 0.3 is 0 Å². The van der Waals surface area contributed by atoms with Crippen LogP contribution in [0.1, 0.15) is 66.6 Å². The van der Waals surface area contributed by atoms with Gasteiger partial charge in [0.1, 0.15) is 22.1 Å². The molecule has 3 aromatic carbocycles. The Labute approximate surface area is 287 Å². The van der Waals surface area contributed by atoms with Crippen molar-refractivity contribution in [3.05, 3.63) is 123 Å². The third-order valence-corrected chi connectivity index (χ3v) is 10.5. The van der Waals surface area contributed by atoms with E-state index in [0.717, 1.165) is 28.8 Å². The molecule has 10 heteroatoms. The molecule has 1 aliphatic rings. The summed E-state index contributed by atoms with van der Waals surface area (Å²) in [4.78, 5) is 43.9. The first kappa shape index (κ1) is 34.4. The summed E-state index contributed by atoms with van der Waals surface area (Å²) in [5, 5.41) is 13.9. The van der Waals surface area contributed by atoms with E-state index in [1.165, 1.54) is 35.7 Å². The number of thiophene rings is 1. The van der Waals surface area contributed by atoms with Gasteiger partial charge in [0.2, 0.25) is 5.43 Å². The molecule has 0 unspecified atom stereocenters. The molecule has 1 aliphatic carbocycles. The van der Waals surface area contributed by atoms with Crippen LogP contribution < -0.4 is 10.7 Å². The first-order valence-electron chi connectivity index (χ1n) is 16.5. The number of hydrogen-bond donors (Lipinski definition) is 2. The molecule has 49 heavy (non-hydrogen) atoms. The molecule has 0 saturated heterocycles. The second-order valence-corrected chi connectivity index (χ2v) is 14.2. The number of nitrogens with one attached hydrogen (secondary N) is 1. The number of anilines is 1. The van der Waals surface area contributed by atoms with Gasteiger partial charge in [0.25, 0.3) is 5.91 Å². The quantitative estimate of drug-likeness (QED) is 0.139. The lowest BCUT2D eigenvalue weighted by Gasteiger charge is -2.21. The molecule has 1 fully saturated rings. The largest absolute Gasteiger partial charge is 0.380 e. The molecule has 1 saturated carbocycles. The molecule has 2 heterocycles. The number of ketones is 1. The van der Waals surface area contributed by atoms with Crippen molar-refractivity contribution in [3.63, 3.8) is 0 Å². The van der Waals surface area contributed by atoms with Gasteiger partial charge in [-0.2, -0.15) is 0 Å². The van der Waals surface area contributed by atoms with E-state index in [0.29, 0.717) is 47.4 Å². The maximum Gasteiger partial charge on any atom is 0.256 e. The molecule has 254 valence electrons. The highest BCUT2D eigenvalue weighted by molar-refractivity contribution is 7.22. The Bertz CT molecular complexity index is 2050. The molecular formula is C39H39F2N3O4S. The number of halogens is 2. The second kappa shape index (κ2) is 14.2. The number of nitrogens with zero attached hydrogens (tertiary/aromatic N) is 2. The molecular weight excluding hydrogens is 645 g/mol. The molecule has 1 amide bonds. The van der Waals surface area contributed by atoms with E-state index in [-0.39, 0.29) is 23.5 Å². The lowest BCUT2D eigenvalue weighted by molar-refractivity contribution is -0.133. The molecule has 0 spiro atoms. The van der Waals surface area contributed by atoms with Crippen molar-refractivity contribution in [1.29, 1.82) is 0 Å². The first-order valence-corrected chi connectivity index (χ1v) is 17.3. The van der Waals surface area contributed by atoms with E-state index >= 15 is 0 Å². The molecule has 0 aliphatic heterocycles. The molecule has 0 bridgehead atoms. The van der Waals surface area contributed by atoms with Crippen LogP contribution in [0, 0.1) is 17.6 Å². The Morgan fingerprint density at radius 2 is 1.59 bits per heavy atom. The summed E-state index contributed by atoms with van der Waals surface area (Å²) in [6.07, 6.45) is 3.88. The van der Waals surface area contributed by atoms with Crippen LogP contribution in [0.25, 0.3) is 20.7 Å². The zero-order valence-corrected chi connectivity index (χ0v) is 28.6. The van der Waals surface area contributed by atoms with E-state index < -0.39 is 34.5 Å².